The van der Waals surface area contributed by atoms with Gasteiger partial charge in [0, 0.05) is 24.3 Å². The summed E-state index contributed by atoms with van der Waals surface area (Å²) < 4.78 is 29.4. The van der Waals surface area contributed by atoms with Crippen molar-refractivity contribution in [2.75, 3.05) is 30.5 Å². The Hall–Kier alpha value is -1.28. The molecule has 1 atom stereocenters. The second kappa shape index (κ2) is 7.53. The highest BCUT2D eigenvalue weighted by Gasteiger charge is 2.34. The largest absolute Gasteiger partial charge is 0.495 e. The number of sulfone groups is 1. The van der Waals surface area contributed by atoms with Gasteiger partial charge in [-0.15, -0.1) is 0 Å². The van der Waals surface area contributed by atoms with Crippen molar-refractivity contribution in [1.29, 1.82) is 0 Å². The van der Waals surface area contributed by atoms with E-state index in [0.29, 0.717) is 24.4 Å². The highest BCUT2D eigenvalue weighted by atomic mass is 79.9. The molecule has 6 nitrogen and oxygen atoms in total. The number of halogens is 1. The van der Waals surface area contributed by atoms with Gasteiger partial charge in [0.1, 0.15) is 5.75 Å². The molecule has 1 heterocycles. The zero-order valence-corrected chi connectivity index (χ0v) is 15.6. The molecule has 8 heteroatoms. The van der Waals surface area contributed by atoms with Crippen molar-refractivity contribution >= 4 is 37.5 Å². The predicted molar refractivity (Wildman–Crippen MR) is 93.8 cm³/mol. The van der Waals surface area contributed by atoms with E-state index in [4.69, 9.17) is 4.74 Å². The molecule has 0 unspecified atom stereocenters. The van der Waals surface area contributed by atoms with Gasteiger partial charge >= 0.3 is 6.03 Å². The molecule has 1 aliphatic heterocycles. The lowest BCUT2D eigenvalue weighted by Crippen LogP contribution is -2.44. The van der Waals surface area contributed by atoms with Gasteiger partial charge in [-0.2, -0.15) is 0 Å². The lowest BCUT2D eigenvalue weighted by molar-refractivity contribution is 0.194. The molecule has 0 saturated carbocycles. The third-order valence-corrected chi connectivity index (χ3v) is 6.18. The first-order valence-corrected chi connectivity index (χ1v) is 10.1. The summed E-state index contributed by atoms with van der Waals surface area (Å²) in [6, 6.07) is 4.74. The number of methoxy groups -OCH3 is 1. The molecular formula is C15H21BrN2O4S. The number of benzene rings is 1. The van der Waals surface area contributed by atoms with E-state index >= 15 is 0 Å². The molecule has 0 bridgehead atoms. The Morgan fingerprint density at radius 1 is 1.48 bits per heavy atom. The minimum Gasteiger partial charge on any atom is -0.495 e. The molecule has 23 heavy (non-hydrogen) atoms. The standard InChI is InChI=1S/C15H21BrN2O4S/c1-3-7-18(12-6-8-23(20,21)10-12)15(19)17-11-4-5-13(16)14(9-11)22-2/h4-5,9,12H,3,6-8,10H2,1-2H3,(H,17,19)/t12-/m0/s1. The lowest BCUT2D eigenvalue weighted by Gasteiger charge is -2.28. The molecule has 1 fully saturated rings. The van der Waals surface area contributed by atoms with Crippen LogP contribution in [0.3, 0.4) is 0 Å². The van der Waals surface area contributed by atoms with Gasteiger partial charge in [0.2, 0.25) is 0 Å². The van der Waals surface area contributed by atoms with Crippen molar-refractivity contribution < 1.29 is 17.9 Å². The normalized spacial score (nSPS) is 19.3. The summed E-state index contributed by atoms with van der Waals surface area (Å²) in [6.45, 7) is 2.49. The molecule has 1 N–H and O–H groups in total. The van der Waals surface area contributed by atoms with Crippen LogP contribution in [-0.2, 0) is 9.84 Å². The van der Waals surface area contributed by atoms with Crippen LogP contribution in [0.25, 0.3) is 0 Å². The van der Waals surface area contributed by atoms with Crippen LogP contribution < -0.4 is 10.1 Å². The van der Waals surface area contributed by atoms with Gasteiger partial charge in [-0.1, -0.05) is 6.92 Å². The first-order valence-electron chi connectivity index (χ1n) is 7.48. The van der Waals surface area contributed by atoms with Gasteiger partial charge in [0.05, 0.1) is 23.1 Å². The van der Waals surface area contributed by atoms with Gasteiger partial charge < -0.3 is 15.0 Å². The van der Waals surface area contributed by atoms with E-state index in [-0.39, 0.29) is 23.6 Å². The molecule has 2 rings (SSSR count). The van der Waals surface area contributed by atoms with E-state index < -0.39 is 9.84 Å². The van der Waals surface area contributed by atoms with Crippen molar-refractivity contribution in [3.63, 3.8) is 0 Å². The van der Waals surface area contributed by atoms with E-state index in [1.54, 1.807) is 30.2 Å². The number of urea groups is 1. The summed E-state index contributed by atoms with van der Waals surface area (Å²) in [6.07, 6.45) is 1.27. The minimum absolute atomic E-state index is 0.0457. The number of carbonyl (C=O) groups excluding carboxylic acids is 1. The van der Waals surface area contributed by atoms with Crippen molar-refractivity contribution in [3.05, 3.63) is 22.7 Å². The number of amides is 2. The first-order chi connectivity index (χ1) is 10.9. The molecule has 1 aromatic carbocycles. The van der Waals surface area contributed by atoms with Crippen molar-refractivity contribution in [2.45, 2.75) is 25.8 Å². The highest BCUT2D eigenvalue weighted by Crippen LogP contribution is 2.28. The SMILES string of the molecule is CCCN(C(=O)Nc1ccc(Br)c(OC)c1)[C@H]1CCS(=O)(=O)C1. The van der Waals surface area contributed by atoms with E-state index in [1.807, 2.05) is 6.92 Å². The van der Waals surface area contributed by atoms with Crippen LogP contribution in [0.2, 0.25) is 0 Å². The summed E-state index contributed by atoms with van der Waals surface area (Å²) in [5, 5.41) is 2.82. The van der Waals surface area contributed by atoms with Gasteiger partial charge in [0.25, 0.3) is 0 Å². The van der Waals surface area contributed by atoms with E-state index in [1.165, 1.54) is 0 Å². The summed E-state index contributed by atoms with van der Waals surface area (Å²) in [4.78, 5) is 14.2. The van der Waals surface area contributed by atoms with Gasteiger partial charge in [-0.25, -0.2) is 13.2 Å². The monoisotopic (exact) mass is 404 g/mol. The number of hydrogen-bond donors (Lipinski definition) is 1. The maximum atomic E-state index is 12.6. The predicted octanol–water partition coefficient (Wildman–Crippen LogP) is 2.89. The van der Waals surface area contributed by atoms with Crippen LogP contribution in [0.5, 0.6) is 5.75 Å². The fourth-order valence-electron chi connectivity index (χ4n) is 2.64. The number of rotatable bonds is 5. The number of nitrogens with one attached hydrogen (secondary N) is 1. The summed E-state index contributed by atoms with van der Waals surface area (Å²) in [5.74, 6) is 0.815. The quantitative estimate of drug-likeness (QED) is 0.818. The third kappa shape index (κ3) is 4.60. The average Bonchev–Trinajstić information content (AvgIpc) is 2.86. The number of carbonyl (C=O) groups is 1. The maximum Gasteiger partial charge on any atom is 0.322 e. The summed E-state index contributed by atoms with van der Waals surface area (Å²) in [5.41, 5.74) is 0.608. The molecule has 1 aromatic rings. The van der Waals surface area contributed by atoms with E-state index in [2.05, 4.69) is 21.2 Å². The smallest absolute Gasteiger partial charge is 0.322 e. The molecule has 0 aromatic heterocycles. The van der Waals surface area contributed by atoms with Crippen LogP contribution in [0.15, 0.2) is 22.7 Å². The Labute approximate surface area is 145 Å². The van der Waals surface area contributed by atoms with Crippen molar-refractivity contribution in [1.82, 2.24) is 4.90 Å². The second-order valence-electron chi connectivity index (χ2n) is 5.53. The zero-order chi connectivity index (χ0) is 17.0. The number of hydrogen-bond acceptors (Lipinski definition) is 4. The Morgan fingerprint density at radius 3 is 2.78 bits per heavy atom. The van der Waals surface area contributed by atoms with E-state index in [9.17, 15) is 13.2 Å². The van der Waals surface area contributed by atoms with Crippen LogP contribution in [0, 0.1) is 0 Å². The van der Waals surface area contributed by atoms with Crippen LogP contribution in [0.1, 0.15) is 19.8 Å². The Morgan fingerprint density at radius 2 is 2.22 bits per heavy atom. The molecule has 0 radical (unpaired) electrons. The van der Waals surface area contributed by atoms with Crippen molar-refractivity contribution in [3.8, 4) is 5.75 Å². The molecule has 128 valence electrons. The maximum absolute atomic E-state index is 12.6. The number of anilines is 1. The summed E-state index contributed by atoms with van der Waals surface area (Å²) in [7, 11) is -1.48. The topological polar surface area (TPSA) is 75.7 Å². The molecule has 1 aliphatic rings. The minimum atomic E-state index is -3.03. The molecule has 0 spiro atoms. The van der Waals surface area contributed by atoms with Crippen LogP contribution in [0.4, 0.5) is 10.5 Å². The fraction of sp³-hybridized carbons (Fsp3) is 0.533. The molecule has 0 aliphatic carbocycles. The highest BCUT2D eigenvalue weighted by molar-refractivity contribution is 9.10. The third-order valence-electron chi connectivity index (χ3n) is 3.78. The van der Waals surface area contributed by atoms with Gasteiger partial charge in [-0.3, -0.25) is 0 Å². The second-order valence-corrected chi connectivity index (χ2v) is 8.61. The van der Waals surface area contributed by atoms with Gasteiger partial charge in [-0.05, 0) is 40.9 Å². The van der Waals surface area contributed by atoms with Crippen LogP contribution in [-0.4, -0.2) is 50.6 Å². The zero-order valence-electron chi connectivity index (χ0n) is 13.2. The van der Waals surface area contributed by atoms with E-state index in [0.717, 1.165) is 10.9 Å². The van der Waals surface area contributed by atoms with Crippen LogP contribution >= 0.6 is 15.9 Å². The molecular weight excluding hydrogens is 384 g/mol. The molecule has 1 saturated heterocycles. The average molecular weight is 405 g/mol. The van der Waals surface area contributed by atoms with Gasteiger partial charge in [0.15, 0.2) is 9.84 Å². The Bertz CT molecular complexity index is 678. The Kier molecular flexibility index (Phi) is 5.91. The first kappa shape index (κ1) is 18.1. The Balaban J connectivity index is 2.12. The number of ether oxygens (including phenoxy) is 1. The van der Waals surface area contributed by atoms with Crippen molar-refractivity contribution in [2.24, 2.45) is 0 Å². The fourth-order valence-corrected chi connectivity index (χ4v) is 4.78. The lowest BCUT2D eigenvalue weighted by atomic mass is 10.2. The molecule has 2 amide bonds. The number of nitrogens with zero attached hydrogens (tertiary/aromatic N) is 1. The summed E-state index contributed by atoms with van der Waals surface area (Å²) >= 11 is 3.36.